The number of carboxylic acid groups (broad SMARTS) is 1. The maximum atomic E-state index is 13.3. The third-order valence-corrected chi connectivity index (χ3v) is 5.58. The van der Waals surface area contributed by atoms with Crippen molar-refractivity contribution in [1.29, 1.82) is 0 Å². The molecule has 2 aliphatic rings. The molecule has 0 saturated carbocycles. The van der Waals surface area contributed by atoms with Crippen LogP contribution in [0, 0.1) is 5.92 Å². The maximum absolute atomic E-state index is 13.3. The first-order valence-corrected chi connectivity index (χ1v) is 9.98. The normalized spacial score (nSPS) is 20.8. The first kappa shape index (κ1) is 19.6. The van der Waals surface area contributed by atoms with Gasteiger partial charge in [-0.3, -0.25) is 15.0 Å². The molecule has 30 heavy (non-hydrogen) atoms. The van der Waals surface area contributed by atoms with Crippen LogP contribution in [0.25, 0.3) is 11.1 Å². The van der Waals surface area contributed by atoms with Gasteiger partial charge in [-0.25, -0.2) is 0 Å². The monoisotopic (exact) mass is 401 g/mol. The average molecular weight is 401 g/mol. The molecule has 2 aromatic rings. The number of benzene rings is 2. The average Bonchev–Trinajstić information content (AvgIpc) is 3.08. The lowest BCUT2D eigenvalue weighted by Crippen LogP contribution is -2.48. The molecule has 0 bridgehead atoms. The van der Waals surface area contributed by atoms with E-state index in [1.807, 2.05) is 66.7 Å². The maximum Gasteiger partial charge on any atom is 0.306 e. The summed E-state index contributed by atoms with van der Waals surface area (Å²) >= 11 is 0. The fourth-order valence-corrected chi connectivity index (χ4v) is 3.95. The molecule has 2 aromatic carbocycles. The summed E-state index contributed by atoms with van der Waals surface area (Å²) in [6, 6.07) is 17.2. The van der Waals surface area contributed by atoms with Gasteiger partial charge in [0.1, 0.15) is 0 Å². The molecule has 6 heteroatoms. The molecule has 2 aliphatic heterocycles. The van der Waals surface area contributed by atoms with Crippen LogP contribution < -0.4 is 5.43 Å². The number of nitrogens with one attached hydrogen (secondary N) is 1. The lowest BCUT2D eigenvalue weighted by Gasteiger charge is -2.38. The Bertz CT molecular complexity index is 1010. The Morgan fingerprint density at radius 3 is 2.50 bits per heavy atom. The van der Waals surface area contributed by atoms with Gasteiger partial charge in [-0.1, -0.05) is 48.5 Å². The highest BCUT2D eigenvalue weighted by molar-refractivity contribution is 5.96. The Morgan fingerprint density at radius 1 is 1.03 bits per heavy atom. The number of allylic oxidation sites excluding steroid dienone is 2. The lowest BCUT2D eigenvalue weighted by atomic mass is 9.86. The summed E-state index contributed by atoms with van der Waals surface area (Å²) in [6.07, 6.45) is 7.84. The zero-order valence-corrected chi connectivity index (χ0v) is 16.4. The van der Waals surface area contributed by atoms with Crippen molar-refractivity contribution in [2.24, 2.45) is 11.0 Å². The highest BCUT2D eigenvalue weighted by atomic mass is 16.4. The number of hydrazone groups is 1. The topological polar surface area (TPSA) is 82.0 Å². The summed E-state index contributed by atoms with van der Waals surface area (Å²) in [5.41, 5.74) is 6.31. The van der Waals surface area contributed by atoms with Gasteiger partial charge in [-0.15, -0.1) is 0 Å². The second kappa shape index (κ2) is 8.78. The summed E-state index contributed by atoms with van der Waals surface area (Å²) in [6.45, 7) is 0.392. The van der Waals surface area contributed by atoms with Crippen molar-refractivity contribution < 1.29 is 14.7 Å². The summed E-state index contributed by atoms with van der Waals surface area (Å²) in [5, 5.41) is 13.6. The summed E-state index contributed by atoms with van der Waals surface area (Å²) in [5.74, 6) is -1.40. The van der Waals surface area contributed by atoms with E-state index in [0.29, 0.717) is 24.9 Å². The van der Waals surface area contributed by atoms with Gasteiger partial charge in [-0.05, 0) is 47.8 Å². The Kier molecular flexibility index (Phi) is 5.75. The number of aliphatic carboxylic acids is 1. The number of carboxylic acids is 1. The Morgan fingerprint density at radius 2 is 1.77 bits per heavy atom. The van der Waals surface area contributed by atoms with Gasteiger partial charge < -0.3 is 10.0 Å². The van der Waals surface area contributed by atoms with E-state index in [0.717, 1.165) is 16.7 Å². The summed E-state index contributed by atoms with van der Waals surface area (Å²) in [4.78, 5) is 26.7. The van der Waals surface area contributed by atoms with Gasteiger partial charge in [0.05, 0.1) is 18.2 Å². The van der Waals surface area contributed by atoms with Crippen molar-refractivity contribution >= 4 is 18.1 Å². The Balaban J connectivity index is 1.60. The van der Waals surface area contributed by atoms with Crippen LogP contribution in [-0.2, 0) is 4.79 Å². The molecule has 2 unspecified atom stereocenters. The zero-order valence-electron chi connectivity index (χ0n) is 16.4. The second-order valence-corrected chi connectivity index (χ2v) is 7.43. The molecule has 2 atom stereocenters. The lowest BCUT2D eigenvalue weighted by molar-refractivity contribution is -0.143. The van der Waals surface area contributed by atoms with Crippen molar-refractivity contribution in [1.82, 2.24) is 10.3 Å². The molecule has 6 nitrogen and oxygen atoms in total. The quantitative estimate of drug-likeness (QED) is 0.819. The number of hydrogen-bond acceptors (Lipinski definition) is 4. The minimum absolute atomic E-state index is 0.0982. The molecule has 152 valence electrons. The van der Waals surface area contributed by atoms with Gasteiger partial charge in [-0.2, -0.15) is 5.10 Å². The van der Waals surface area contributed by atoms with E-state index in [2.05, 4.69) is 10.5 Å². The number of rotatable bonds is 4. The Hall–Kier alpha value is -3.67. The van der Waals surface area contributed by atoms with Gasteiger partial charge >= 0.3 is 5.97 Å². The molecule has 1 amide bonds. The summed E-state index contributed by atoms with van der Waals surface area (Å²) in [7, 11) is 0. The number of amides is 1. The number of piperidine rings is 1. The van der Waals surface area contributed by atoms with E-state index in [4.69, 9.17) is 0 Å². The molecule has 4 rings (SSSR count). The van der Waals surface area contributed by atoms with Gasteiger partial charge in [0, 0.05) is 18.3 Å². The minimum Gasteiger partial charge on any atom is -0.481 e. The summed E-state index contributed by atoms with van der Waals surface area (Å²) < 4.78 is 0. The molecule has 2 N–H and O–H groups in total. The van der Waals surface area contributed by atoms with Crippen LogP contribution in [0.5, 0.6) is 0 Å². The van der Waals surface area contributed by atoms with Crippen molar-refractivity contribution in [3.05, 3.63) is 84.1 Å². The Labute approximate surface area is 175 Å². The standard InChI is InChI=1S/C24H23N3O3/c28-23(19-10-8-18(9-11-19)17-5-2-1-3-6-17)27-14-12-20(24(29)30)15-22(27)21-7-4-13-25-26-16-21/h1-11,13,16,20,22,25H,12,14-15H2,(H,29,30). The SMILES string of the molecule is O=C(O)C1CCN(C(=O)c2ccc(-c3ccccc3)cc2)C(C2=CC=CNN=C2)C1. The van der Waals surface area contributed by atoms with Gasteiger partial charge in [0.25, 0.3) is 5.91 Å². The number of carbonyl (C=O) groups excluding carboxylic acids is 1. The van der Waals surface area contributed by atoms with Crippen LogP contribution in [0.2, 0.25) is 0 Å². The van der Waals surface area contributed by atoms with E-state index in [9.17, 15) is 14.7 Å². The predicted octanol–water partition coefficient (Wildman–Crippen LogP) is 3.69. The van der Waals surface area contributed by atoms with Crippen molar-refractivity contribution in [3.8, 4) is 11.1 Å². The van der Waals surface area contributed by atoms with E-state index in [-0.39, 0.29) is 11.9 Å². The van der Waals surface area contributed by atoms with Crippen LogP contribution in [0.3, 0.4) is 0 Å². The van der Waals surface area contributed by atoms with Crippen molar-refractivity contribution in [2.75, 3.05) is 6.54 Å². The number of likely N-dealkylation sites (tertiary alicyclic amines) is 1. The number of hydrogen-bond donors (Lipinski definition) is 2. The van der Waals surface area contributed by atoms with E-state index < -0.39 is 11.9 Å². The molecular weight excluding hydrogens is 378 g/mol. The minimum atomic E-state index is -0.820. The zero-order chi connectivity index (χ0) is 20.9. The molecule has 0 radical (unpaired) electrons. The van der Waals surface area contributed by atoms with E-state index in [1.54, 1.807) is 17.3 Å². The van der Waals surface area contributed by atoms with Crippen LogP contribution in [0.4, 0.5) is 0 Å². The molecule has 2 heterocycles. The molecule has 1 fully saturated rings. The van der Waals surface area contributed by atoms with Gasteiger partial charge in [0.2, 0.25) is 0 Å². The fourth-order valence-electron chi connectivity index (χ4n) is 3.95. The molecule has 0 aliphatic carbocycles. The first-order chi connectivity index (χ1) is 14.6. The molecular formula is C24H23N3O3. The molecule has 0 aromatic heterocycles. The van der Waals surface area contributed by atoms with E-state index >= 15 is 0 Å². The van der Waals surface area contributed by atoms with Crippen molar-refractivity contribution in [3.63, 3.8) is 0 Å². The second-order valence-electron chi connectivity index (χ2n) is 7.43. The van der Waals surface area contributed by atoms with Crippen LogP contribution in [-0.4, -0.2) is 40.7 Å². The number of nitrogens with zero attached hydrogens (tertiary/aromatic N) is 2. The predicted molar refractivity (Wildman–Crippen MR) is 116 cm³/mol. The van der Waals surface area contributed by atoms with Gasteiger partial charge in [0.15, 0.2) is 0 Å². The largest absolute Gasteiger partial charge is 0.481 e. The third-order valence-electron chi connectivity index (χ3n) is 5.58. The molecule has 0 spiro atoms. The molecule has 1 saturated heterocycles. The van der Waals surface area contributed by atoms with Crippen LogP contribution in [0.15, 0.2) is 83.6 Å². The van der Waals surface area contributed by atoms with E-state index in [1.165, 1.54) is 0 Å². The van der Waals surface area contributed by atoms with Crippen LogP contribution in [0.1, 0.15) is 23.2 Å². The third kappa shape index (κ3) is 4.17. The fraction of sp³-hybridized carbons (Fsp3) is 0.208. The highest BCUT2D eigenvalue weighted by Gasteiger charge is 2.36. The van der Waals surface area contributed by atoms with Crippen molar-refractivity contribution in [2.45, 2.75) is 18.9 Å². The number of carbonyl (C=O) groups is 2. The smallest absolute Gasteiger partial charge is 0.306 e. The van der Waals surface area contributed by atoms with Crippen LogP contribution >= 0.6 is 0 Å². The highest BCUT2D eigenvalue weighted by Crippen LogP contribution is 2.29. The first-order valence-electron chi connectivity index (χ1n) is 9.98.